The maximum atomic E-state index is 11.5. The number of nitrogens with one attached hydrogen (secondary N) is 2. The van der Waals surface area contributed by atoms with Crippen molar-refractivity contribution < 1.29 is 4.79 Å². The first kappa shape index (κ1) is 13.7. The molecular formula is C18H20N2O. The summed E-state index contributed by atoms with van der Waals surface area (Å²) in [5, 5.41) is 6.00. The fraction of sp³-hybridized carbons (Fsp3) is 0.278. The smallest absolute Gasteiger partial charge is 0.251 e. The Kier molecular flexibility index (Phi) is 3.91. The van der Waals surface area contributed by atoms with E-state index in [0.29, 0.717) is 5.56 Å². The van der Waals surface area contributed by atoms with Crippen molar-refractivity contribution in [2.75, 3.05) is 12.4 Å². The lowest BCUT2D eigenvalue weighted by atomic mass is 10.1. The summed E-state index contributed by atoms with van der Waals surface area (Å²) in [5.41, 5.74) is 4.44. The van der Waals surface area contributed by atoms with Crippen LogP contribution in [0.4, 0.5) is 5.69 Å². The lowest BCUT2D eigenvalue weighted by Gasteiger charge is -2.08. The minimum atomic E-state index is -0.0581. The van der Waals surface area contributed by atoms with Crippen molar-refractivity contribution in [2.24, 2.45) is 0 Å². The van der Waals surface area contributed by atoms with Gasteiger partial charge in [-0.25, -0.2) is 0 Å². The summed E-state index contributed by atoms with van der Waals surface area (Å²) in [4.78, 5) is 11.5. The average molecular weight is 280 g/mol. The van der Waals surface area contributed by atoms with Gasteiger partial charge in [-0.3, -0.25) is 4.79 Å². The Labute approximate surface area is 125 Å². The fourth-order valence-corrected chi connectivity index (χ4v) is 2.41. The van der Waals surface area contributed by atoms with Gasteiger partial charge in [-0.05, 0) is 54.2 Å². The second kappa shape index (κ2) is 6.00. The van der Waals surface area contributed by atoms with Crippen LogP contribution in [0.5, 0.6) is 0 Å². The molecule has 21 heavy (non-hydrogen) atoms. The van der Waals surface area contributed by atoms with Crippen molar-refractivity contribution in [3.8, 4) is 0 Å². The predicted octanol–water partition coefficient (Wildman–Crippen LogP) is 3.54. The molecule has 0 atom stereocenters. The molecule has 0 aromatic heterocycles. The Balaban J connectivity index is 1.57. The second-order valence-electron chi connectivity index (χ2n) is 5.53. The second-order valence-corrected chi connectivity index (χ2v) is 5.53. The molecule has 0 unspecified atom stereocenters. The molecule has 2 N–H and O–H groups in total. The number of anilines is 1. The highest BCUT2D eigenvalue weighted by Crippen LogP contribution is 2.39. The van der Waals surface area contributed by atoms with E-state index in [9.17, 15) is 4.79 Å². The molecule has 0 heterocycles. The molecule has 1 aliphatic rings. The minimum Gasteiger partial charge on any atom is -0.381 e. The summed E-state index contributed by atoms with van der Waals surface area (Å²) in [6.07, 6.45) is 2.69. The molecule has 3 nitrogen and oxygen atoms in total. The lowest BCUT2D eigenvalue weighted by molar-refractivity contribution is 0.0963. The number of carbonyl (C=O) groups excluding carboxylic acids is 1. The number of rotatable bonds is 5. The molecule has 0 bridgehead atoms. The van der Waals surface area contributed by atoms with Gasteiger partial charge in [-0.2, -0.15) is 0 Å². The zero-order chi connectivity index (χ0) is 14.7. The van der Waals surface area contributed by atoms with Crippen molar-refractivity contribution in [3.63, 3.8) is 0 Å². The summed E-state index contributed by atoms with van der Waals surface area (Å²) in [6.45, 7) is 0.796. The zero-order valence-electron chi connectivity index (χ0n) is 12.2. The van der Waals surface area contributed by atoms with Crippen LogP contribution in [-0.4, -0.2) is 13.0 Å². The van der Waals surface area contributed by atoms with Gasteiger partial charge in [-0.1, -0.05) is 24.3 Å². The molecule has 0 radical (unpaired) electrons. The quantitative estimate of drug-likeness (QED) is 0.879. The standard InChI is InChI=1S/C18H20N2O/c1-19-18(21)16-8-10-17(11-9-16)20-12-13-2-4-14(5-3-13)15-6-7-15/h2-5,8-11,15,20H,6-7,12H2,1H3,(H,19,21). The molecule has 3 rings (SSSR count). The van der Waals surface area contributed by atoms with E-state index >= 15 is 0 Å². The Hall–Kier alpha value is -2.29. The number of benzene rings is 2. The van der Waals surface area contributed by atoms with Gasteiger partial charge in [0.2, 0.25) is 0 Å². The first-order valence-corrected chi connectivity index (χ1v) is 7.41. The summed E-state index contributed by atoms with van der Waals surface area (Å²) in [7, 11) is 1.64. The zero-order valence-corrected chi connectivity index (χ0v) is 12.2. The topological polar surface area (TPSA) is 41.1 Å². The number of hydrogen-bond acceptors (Lipinski definition) is 2. The van der Waals surface area contributed by atoms with Gasteiger partial charge in [0.25, 0.3) is 5.91 Å². The summed E-state index contributed by atoms with van der Waals surface area (Å²) in [6, 6.07) is 16.4. The Bertz CT molecular complexity index is 613. The Morgan fingerprint density at radius 2 is 1.71 bits per heavy atom. The molecule has 1 amide bonds. The van der Waals surface area contributed by atoms with Gasteiger partial charge in [0.05, 0.1) is 0 Å². The monoisotopic (exact) mass is 280 g/mol. The molecule has 0 spiro atoms. The van der Waals surface area contributed by atoms with Gasteiger partial charge in [0, 0.05) is 24.8 Å². The van der Waals surface area contributed by atoms with Gasteiger partial charge in [0.1, 0.15) is 0 Å². The number of carbonyl (C=O) groups is 1. The molecule has 3 heteroatoms. The molecule has 2 aromatic carbocycles. The average Bonchev–Trinajstić information content (AvgIpc) is 3.38. The molecule has 0 aliphatic heterocycles. The van der Waals surface area contributed by atoms with Crippen LogP contribution < -0.4 is 10.6 Å². The summed E-state index contributed by atoms with van der Waals surface area (Å²) < 4.78 is 0. The fourth-order valence-electron chi connectivity index (χ4n) is 2.41. The third-order valence-corrected chi connectivity index (χ3v) is 3.90. The van der Waals surface area contributed by atoms with Gasteiger partial charge >= 0.3 is 0 Å². The Morgan fingerprint density at radius 3 is 2.29 bits per heavy atom. The van der Waals surface area contributed by atoms with Crippen molar-refractivity contribution in [1.82, 2.24) is 5.32 Å². The molecule has 1 aliphatic carbocycles. The third-order valence-electron chi connectivity index (χ3n) is 3.90. The first-order valence-electron chi connectivity index (χ1n) is 7.41. The van der Waals surface area contributed by atoms with E-state index in [1.165, 1.54) is 24.0 Å². The van der Waals surface area contributed by atoms with Gasteiger partial charge in [-0.15, -0.1) is 0 Å². The largest absolute Gasteiger partial charge is 0.381 e. The van der Waals surface area contributed by atoms with Gasteiger partial charge in [0.15, 0.2) is 0 Å². The van der Waals surface area contributed by atoms with Crippen molar-refractivity contribution in [3.05, 3.63) is 65.2 Å². The van der Waals surface area contributed by atoms with Crippen LogP contribution in [-0.2, 0) is 6.54 Å². The summed E-state index contributed by atoms with van der Waals surface area (Å²) >= 11 is 0. The van der Waals surface area contributed by atoms with Crippen molar-refractivity contribution in [2.45, 2.75) is 25.3 Å². The minimum absolute atomic E-state index is 0.0581. The van der Waals surface area contributed by atoms with Crippen LogP contribution in [0, 0.1) is 0 Å². The number of hydrogen-bond donors (Lipinski definition) is 2. The molecule has 1 saturated carbocycles. The highest BCUT2D eigenvalue weighted by molar-refractivity contribution is 5.94. The normalized spacial score (nSPS) is 13.8. The van der Waals surface area contributed by atoms with E-state index in [0.717, 1.165) is 18.2 Å². The molecular weight excluding hydrogens is 260 g/mol. The summed E-state index contributed by atoms with van der Waals surface area (Å²) in [5.74, 6) is 0.751. The highest BCUT2D eigenvalue weighted by Gasteiger charge is 2.22. The first-order chi connectivity index (χ1) is 10.3. The van der Waals surface area contributed by atoms with E-state index in [-0.39, 0.29) is 5.91 Å². The van der Waals surface area contributed by atoms with Crippen LogP contribution in [0.1, 0.15) is 40.2 Å². The molecule has 1 fully saturated rings. The highest BCUT2D eigenvalue weighted by atomic mass is 16.1. The lowest BCUT2D eigenvalue weighted by Crippen LogP contribution is -2.17. The predicted molar refractivity (Wildman–Crippen MR) is 85.6 cm³/mol. The van der Waals surface area contributed by atoms with Crippen LogP contribution >= 0.6 is 0 Å². The maximum absolute atomic E-state index is 11.5. The van der Waals surface area contributed by atoms with E-state index in [1.54, 1.807) is 7.05 Å². The van der Waals surface area contributed by atoms with Crippen LogP contribution in [0.25, 0.3) is 0 Å². The maximum Gasteiger partial charge on any atom is 0.251 e. The van der Waals surface area contributed by atoms with Crippen molar-refractivity contribution in [1.29, 1.82) is 0 Å². The third kappa shape index (κ3) is 3.43. The van der Waals surface area contributed by atoms with E-state index in [1.807, 2.05) is 24.3 Å². The van der Waals surface area contributed by atoms with Crippen molar-refractivity contribution >= 4 is 11.6 Å². The Morgan fingerprint density at radius 1 is 1.05 bits per heavy atom. The molecule has 2 aromatic rings. The number of amides is 1. The van der Waals surface area contributed by atoms with E-state index in [2.05, 4.69) is 34.9 Å². The van der Waals surface area contributed by atoms with Crippen LogP contribution in [0.2, 0.25) is 0 Å². The van der Waals surface area contributed by atoms with E-state index in [4.69, 9.17) is 0 Å². The SMILES string of the molecule is CNC(=O)c1ccc(NCc2ccc(C3CC3)cc2)cc1. The van der Waals surface area contributed by atoms with Gasteiger partial charge < -0.3 is 10.6 Å². The van der Waals surface area contributed by atoms with Crippen LogP contribution in [0.15, 0.2) is 48.5 Å². The molecule has 108 valence electrons. The molecule has 0 saturated heterocycles. The van der Waals surface area contributed by atoms with Crippen LogP contribution in [0.3, 0.4) is 0 Å². The van der Waals surface area contributed by atoms with E-state index < -0.39 is 0 Å².